The summed E-state index contributed by atoms with van der Waals surface area (Å²) in [5.41, 5.74) is 0. The fourth-order valence-corrected chi connectivity index (χ4v) is 4.25. The Kier molecular flexibility index (Phi) is 4.33. The van der Waals surface area contributed by atoms with E-state index < -0.39 is 39.5 Å². The lowest BCUT2D eigenvalue weighted by atomic mass is 10.3. The Hall–Kier alpha value is -2.33. The van der Waals surface area contributed by atoms with Crippen LogP contribution in [-0.4, -0.2) is 48.7 Å². The fourth-order valence-electron chi connectivity index (χ4n) is 2.20. The minimum Gasteiger partial charge on any atom is -0.465 e. The summed E-state index contributed by atoms with van der Waals surface area (Å²) in [4.78, 5) is 37.0. The van der Waals surface area contributed by atoms with Gasteiger partial charge in [0.25, 0.3) is 11.1 Å². The molecule has 3 amide bonds. The number of rotatable bonds is 4. The van der Waals surface area contributed by atoms with Crippen molar-refractivity contribution < 1.29 is 27.2 Å². The van der Waals surface area contributed by atoms with Crippen molar-refractivity contribution in [2.24, 2.45) is 0 Å². The first-order valence-corrected chi connectivity index (χ1v) is 9.36. The third kappa shape index (κ3) is 3.60. The van der Waals surface area contributed by atoms with Crippen molar-refractivity contribution in [3.05, 3.63) is 40.5 Å². The molecule has 10 heteroatoms. The number of nitrogens with zero attached hydrogens (tertiary/aromatic N) is 1. The molecule has 126 valence electrons. The average Bonchev–Trinajstić information content (AvgIpc) is 3.17. The summed E-state index contributed by atoms with van der Waals surface area (Å²) in [6, 6.07) is 2.63. The van der Waals surface area contributed by atoms with E-state index in [1.165, 1.54) is 18.4 Å². The number of furan rings is 1. The smallest absolute Gasteiger partial charge is 0.294 e. The van der Waals surface area contributed by atoms with Crippen LogP contribution in [0.15, 0.2) is 39.2 Å². The highest BCUT2D eigenvalue weighted by atomic mass is 32.2. The number of sulfone groups is 1. The zero-order chi connectivity index (χ0) is 17.3. The second-order valence-corrected chi connectivity index (χ2v) is 8.04. The Labute approximate surface area is 141 Å². The van der Waals surface area contributed by atoms with E-state index in [0.29, 0.717) is 17.5 Å². The molecule has 0 aliphatic carbocycles. The predicted molar refractivity (Wildman–Crippen MR) is 86.2 cm³/mol. The molecule has 0 saturated carbocycles. The highest BCUT2D eigenvalue weighted by Crippen LogP contribution is 2.32. The standard InChI is InChI=1S/C14H12N2O6S2/c17-12(15-9-3-5-24(20,21)8-9)7-16-13(18)11(23-14(16)19)6-10-2-1-4-22-10/h1-6,9H,7-8H2,(H,15,17). The molecular formula is C14H12N2O6S2. The van der Waals surface area contributed by atoms with Gasteiger partial charge in [-0.15, -0.1) is 0 Å². The summed E-state index contributed by atoms with van der Waals surface area (Å²) in [7, 11) is -3.29. The maximum atomic E-state index is 12.2. The fraction of sp³-hybridized carbons (Fsp3) is 0.214. The van der Waals surface area contributed by atoms with Gasteiger partial charge in [0.1, 0.15) is 12.3 Å². The molecule has 1 unspecified atom stereocenters. The molecule has 3 rings (SSSR count). The summed E-state index contributed by atoms with van der Waals surface area (Å²) >= 11 is 0.713. The molecule has 1 saturated heterocycles. The van der Waals surface area contributed by atoms with Crippen molar-refractivity contribution in [3.8, 4) is 0 Å². The van der Waals surface area contributed by atoms with Gasteiger partial charge < -0.3 is 9.73 Å². The molecule has 0 aromatic carbocycles. The van der Waals surface area contributed by atoms with Crippen LogP contribution in [0.5, 0.6) is 0 Å². The van der Waals surface area contributed by atoms with Gasteiger partial charge in [0.05, 0.1) is 23.0 Å². The number of hydrogen-bond acceptors (Lipinski definition) is 7. The van der Waals surface area contributed by atoms with Crippen molar-refractivity contribution in [3.63, 3.8) is 0 Å². The van der Waals surface area contributed by atoms with Crippen LogP contribution in [0.3, 0.4) is 0 Å². The molecule has 0 bridgehead atoms. The zero-order valence-electron chi connectivity index (χ0n) is 12.2. The molecular weight excluding hydrogens is 356 g/mol. The number of carbonyl (C=O) groups excluding carboxylic acids is 3. The summed E-state index contributed by atoms with van der Waals surface area (Å²) in [6.45, 7) is -0.468. The van der Waals surface area contributed by atoms with Crippen molar-refractivity contribution in [2.75, 3.05) is 12.3 Å². The quantitative estimate of drug-likeness (QED) is 0.780. The van der Waals surface area contributed by atoms with E-state index >= 15 is 0 Å². The van der Waals surface area contributed by atoms with Gasteiger partial charge >= 0.3 is 0 Å². The highest BCUT2D eigenvalue weighted by molar-refractivity contribution is 8.18. The molecule has 2 aliphatic rings. The summed E-state index contributed by atoms with van der Waals surface area (Å²) in [6.07, 6.45) is 4.22. The Balaban J connectivity index is 1.63. The second-order valence-electron chi connectivity index (χ2n) is 5.12. The predicted octanol–water partition coefficient (Wildman–Crippen LogP) is 0.743. The van der Waals surface area contributed by atoms with Crippen molar-refractivity contribution in [1.29, 1.82) is 0 Å². The Bertz CT molecular complexity index is 854. The molecule has 24 heavy (non-hydrogen) atoms. The first-order chi connectivity index (χ1) is 11.3. The molecule has 2 aliphatic heterocycles. The van der Waals surface area contributed by atoms with Crippen LogP contribution >= 0.6 is 11.8 Å². The Morgan fingerprint density at radius 2 is 2.25 bits per heavy atom. The van der Waals surface area contributed by atoms with Crippen molar-refractivity contribution in [1.82, 2.24) is 10.2 Å². The van der Waals surface area contributed by atoms with Gasteiger partial charge in [0.2, 0.25) is 5.91 Å². The van der Waals surface area contributed by atoms with Crippen LogP contribution in [0.25, 0.3) is 6.08 Å². The summed E-state index contributed by atoms with van der Waals surface area (Å²) in [5.74, 6) is -1.00. The van der Waals surface area contributed by atoms with Crippen molar-refractivity contribution in [2.45, 2.75) is 6.04 Å². The van der Waals surface area contributed by atoms with E-state index in [1.54, 1.807) is 12.1 Å². The lowest BCUT2D eigenvalue weighted by Gasteiger charge is -2.14. The summed E-state index contributed by atoms with van der Waals surface area (Å²) in [5, 5.41) is 2.93. The lowest BCUT2D eigenvalue weighted by molar-refractivity contribution is -0.129. The number of imide groups is 1. The first kappa shape index (κ1) is 16.5. The third-order valence-electron chi connectivity index (χ3n) is 3.27. The van der Waals surface area contributed by atoms with Crippen LogP contribution in [0.4, 0.5) is 4.79 Å². The van der Waals surface area contributed by atoms with Gasteiger partial charge in [0, 0.05) is 11.5 Å². The van der Waals surface area contributed by atoms with E-state index in [1.807, 2.05) is 0 Å². The van der Waals surface area contributed by atoms with Gasteiger partial charge in [-0.3, -0.25) is 19.3 Å². The number of hydrogen-bond donors (Lipinski definition) is 1. The molecule has 1 atom stereocenters. The molecule has 3 heterocycles. The van der Waals surface area contributed by atoms with Gasteiger partial charge in [0.15, 0.2) is 9.84 Å². The molecule has 0 radical (unpaired) electrons. The second kappa shape index (κ2) is 6.29. The SMILES string of the molecule is O=C(CN1C(=O)SC(=Cc2ccco2)C1=O)NC1C=CS(=O)(=O)C1. The van der Waals surface area contributed by atoms with Gasteiger partial charge in [-0.05, 0) is 30.0 Å². The minimum atomic E-state index is -3.29. The molecule has 1 aromatic rings. The van der Waals surface area contributed by atoms with Crippen LogP contribution in [0, 0.1) is 0 Å². The third-order valence-corrected chi connectivity index (χ3v) is 5.57. The molecule has 8 nitrogen and oxygen atoms in total. The van der Waals surface area contributed by atoms with Crippen LogP contribution in [0.2, 0.25) is 0 Å². The van der Waals surface area contributed by atoms with Crippen LogP contribution in [0.1, 0.15) is 5.76 Å². The summed E-state index contributed by atoms with van der Waals surface area (Å²) < 4.78 is 27.7. The maximum Gasteiger partial charge on any atom is 0.294 e. The van der Waals surface area contributed by atoms with Crippen LogP contribution < -0.4 is 5.32 Å². The number of amides is 3. The van der Waals surface area contributed by atoms with E-state index in [-0.39, 0.29) is 10.7 Å². The van der Waals surface area contributed by atoms with Gasteiger partial charge in [-0.1, -0.05) is 0 Å². The monoisotopic (exact) mass is 368 g/mol. The van der Waals surface area contributed by atoms with E-state index in [9.17, 15) is 22.8 Å². The van der Waals surface area contributed by atoms with Gasteiger partial charge in [-0.2, -0.15) is 0 Å². The lowest BCUT2D eigenvalue weighted by Crippen LogP contribution is -2.43. The molecule has 1 aromatic heterocycles. The number of nitrogens with one attached hydrogen (secondary N) is 1. The Morgan fingerprint density at radius 1 is 1.46 bits per heavy atom. The molecule has 1 fully saturated rings. The van der Waals surface area contributed by atoms with E-state index in [0.717, 1.165) is 10.3 Å². The number of thioether (sulfide) groups is 1. The van der Waals surface area contributed by atoms with E-state index in [4.69, 9.17) is 4.42 Å². The largest absolute Gasteiger partial charge is 0.465 e. The minimum absolute atomic E-state index is 0.158. The van der Waals surface area contributed by atoms with Crippen LogP contribution in [-0.2, 0) is 19.4 Å². The van der Waals surface area contributed by atoms with E-state index in [2.05, 4.69) is 5.32 Å². The zero-order valence-corrected chi connectivity index (χ0v) is 13.8. The Morgan fingerprint density at radius 3 is 2.88 bits per heavy atom. The highest BCUT2D eigenvalue weighted by Gasteiger charge is 2.37. The average molecular weight is 368 g/mol. The maximum absolute atomic E-state index is 12.2. The molecule has 0 spiro atoms. The molecule has 1 N–H and O–H groups in total. The van der Waals surface area contributed by atoms with Gasteiger partial charge in [-0.25, -0.2) is 8.42 Å². The normalized spacial score (nSPS) is 24.1. The van der Waals surface area contributed by atoms with Crippen molar-refractivity contribution >= 4 is 44.7 Å². The number of carbonyl (C=O) groups is 3. The topological polar surface area (TPSA) is 114 Å². The first-order valence-electron chi connectivity index (χ1n) is 6.83.